The summed E-state index contributed by atoms with van der Waals surface area (Å²) >= 11 is 0. The van der Waals surface area contributed by atoms with Crippen molar-refractivity contribution in [1.29, 1.82) is 0 Å². The van der Waals surface area contributed by atoms with Gasteiger partial charge in [-0.05, 0) is 67.6 Å². The summed E-state index contributed by atoms with van der Waals surface area (Å²) in [6.07, 6.45) is 5.71. The molecule has 2 saturated carbocycles. The second kappa shape index (κ2) is 4.13. The Morgan fingerprint density at radius 1 is 1.18 bits per heavy atom. The van der Waals surface area contributed by atoms with Gasteiger partial charge in [0.1, 0.15) is 0 Å². The van der Waals surface area contributed by atoms with Gasteiger partial charge in [0.05, 0.1) is 0 Å². The van der Waals surface area contributed by atoms with Gasteiger partial charge in [0, 0.05) is 6.04 Å². The molecule has 0 aliphatic heterocycles. The fourth-order valence-electron chi connectivity index (χ4n) is 4.10. The first-order valence-electron chi connectivity index (χ1n) is 6.98. The van der Waals surface area contributed by atoms with E-state index in [1.165, 1.54) is 42.4 Å². The van der Waals surface area contributed by atoms with E-state index < -0.39 is 0 Å². The number of hydrogen-bond acceptors (Lipinski definition) is 1. The third kappa shape index (κ3) is 1.81. The molecule has 17 heavy (non-hydrogen) atoms. The van der Waals surface area contributed by atoms with Crippen molar-refractivity contribution in [2.45, 2.75) is 45.6 Å². The zero-order chi connectivity index (χ0) is 12.0. The SMILES string of the molecule is Cc1cccc(C(N)C2CC3CCC2C3)c1C. The summed E-state index contributed by atoms with van der Waals surface area (Å²) in [7, 11) is 0. The first-order chi connectivity index (χ1) is 8.16. The number of fused-ring (bicyclic) bond motifs is 2. The van der Waals surface area contributed by atoms with E-state index >= 15 is 0 Å². The van der Waals surface area contributed by atoms with Crippen LogP contribution < -0.4 is 5.73 Å². The van der Waals surface area contributed by atoms with E-state index in [4.69, 9.17) is 5.73 Å². The molecule has 0 heterocycles. The van der Waals surface area contributed by atoms with Crippen molar-refractivity contribution in [3.05, 3.63) is 34.9 Å². The zero-order valence-electron chi connectivity index (χ0n) is 10.9. The van der Waals surface area contributed by atoms with Crippen LogP contribution in [0.15, 0.2) is 18.2 Å². The van der Waals surface area contributed by atoms with Crippen molar-refractivity contribution in [3.8, 4) is 0 Å². The number of nitrogens with two attached hydrogens (primary N) is 1. The maximum absolute atomic E-state index is 6.56. The van der Waals surface area contributed by atoms with E-state index in [1.807, 2.05) is 0 Å². The van der Waals surface area contributed by atoms with Crippen LogP contribution in [0.4, 0.5) is 0 Å². The van der Waals surface area contributed by atoms with Crippen LogP contribution >= 0.6 is 0 Å². The van der Waals surface area contributed by atoms with E-state index in [0.717, 1.165) is 17.8 Å². The quantitative estimate of drug-likeness (QED) is 0.821. The van der Waals surface area contributed by atoms with Crippen LogP contribution in [0.2, 0.25) is 0 Å². The second-order valence-corrected chi connectivity index (χ2v) is 6.15. The van der Waals surface area contributed by atoms with E-state index in [9.17, 15) is 0 Å². The van der Waals surface area contributed by atoms with Gasteiger partial charge in [-0.2, -0.15) is 0 Å². The lowest BCUT2D eigenvalue weighted by atomic mass is 9.79. The molecule has 2 aliphatic carbocycles. The maximum atomic E-state index is 6.56. The molecule has 1 aromatic rings. The number of benzene rings is 1. The average Bonchev–Trinajstić information content (AvgIpc) is 2.94. The van der Waals surface area contributed by atoms with Gasteiger partial charge in [0.25, 0.3) is 0 Å². The highest BCUT2D eigenvalue weighted by Gasteiger charge is 2.42. The Labute approximate surface area is 104 Å². The molecule has 1 heteroatoms. The second-order valence-electron chi connectivity index (χ2n) is 6.15. The smallest absolute Gasteiger partial charge is 0.0329 e. The Morgan fingerprint density at radius 3 is 2.65 bits per heavy atom. The van der Waals surface area contributed by atoms with Crippen molar-refractivity contribution in [1.82, 2.24) is 0 Å². The molecule has 0 radical (unpaired) electrons. The van der Waals surface area contributed by atoms with Crippen LogP contribution in [0.5, 0.6) is 0 Å². The van der Waals surface area contributed by atoms with Gasteiger partial charge < -0.3 is 5.73 Å². The van der Waals surface area contributed by atoms with Crippen molar-refractivity contribution in [3.63, 3.8) is 0 Å². The molecule has 2 bridgehead atoms. The molecule has 4 atom stereocenters. The minimum atomic E-state index is 0.269. The minimum absolute atomic E-state index is 0.269. The molecule has 2 aliphatic rings. The van der Waals surface area contributed by atoms with Crippen molar-refractivity contribution in [2.24, 2.45) is 23.5 Å². The highest BCUT2D eigenvalue weighted by Crippen LogP contribution is 2.52. The fraction of sp³-hybridized carbons (Fsp3) is 0.625. The molecule has 2 N–H and O–H groups in total. The molecule has 0 amide bonds. The third-order valence-electron chi connectivity index (χ3n) is 5.26. The highest BCUT2D eigenvalue weighted by atomic mass is 14.7. The lowest BCUT2D eigenvalue weighted by molar-refractivity contribution is 0.284. The van der Waals surface area contributed by atoms with Crippen molar-refractivity contribution in [2.75, 3.05) is 0 Å². The number of rotatable bonds is 2. The summed E-state index contributed by atoms with van der Waals surface area (Å²) in [4.78, 5) is 0. The summed E-state index contributed by atoms with van der Waals surface area (Å²) in [5.74, 6) is 2.64. The minimum Gasteiger partial charge on any atom is -0.324 e. The number of hydrogen-bond donors (Lipinski definition) is 1. The zero-order valence-corrected chi connectivity index (χ0v) is 10.9. The summed E-state index contributed by atoms with van der Waals surface area (Å²) in [6.45, 7) is 4.41. The summed E-state index contributed by atoms with van der Waals surface area (Å²) in [5.41, 5.74) is 10.7. The maximum Gasteiger partial charge on any atom is 0.0329 e. The predicted octanol–water partition coefficient (Wildman–Crippen LogP) is 3.74. The van der Waals surface area contributed by atoms with Crippen LogP contribution in [0, 0.1) is 31.6 Å². The Morgan fingerprint density at radius 2 is 2.00 bits per heavy atom. The van der Waals surface area contributed by atoms with Crippen LogP contribution in [0.25, 0.3) is 0 Å². The topological polar surface area (TPSA) is 26.0 Å². The molecule has 0 spiro atoms. The Bertz CT molecular complexity index is 424. The Balaban J connectivity index is 1.86. The molecule has 2 fully saturated rings. The van der Waals surface area contributed by atoms with E-state index in [0.29, 0.717) is 0 Å². The standard InChI is InChI=1S/C16H23N/c1-10-4-3-5-14(11(10)2)16(17)15-9-12-6-7-13(15)8-12/h3-5,12-13,15-16H,6-9,17H2,1-2H3. The van der Waals surface area contributed by atoms with Gasteiger partial charge in [-0.3, -0.25) is 0 Å². The van der Waals surface area contributed by atoms with Crippen LogP contribution in [0.1, 0.15) is 48.4 Å². The summed E-state index contributed by atoms with van der Waals surface area (Å²) in [6, 6.07) is 6.85. The molecule has 4 unspecified atom stereocenters. The molecule has 3 rings (SSSR count). The largest absolute Gasteiger partial charge is 0.324 e. The van der Waals surface area contributed by atoms with Gasteiger partial charge in [0.2, 0.25) is 0 Å². The molecule has 1 aromatic carbocycles. The van der Waals surface area contributed by atoms with Crippen LogP contribution in [0.3, 0.4) is 0 Å². The monoisotopic (exact) mass is 229 g/mol. The van der Waals surface area contributed by atoms with Gasteiger partial charge in [-0.25, -0.2) is 0 Å². The lowest BCUT2D eigenvalue weighted by Crippen LogP contribution is -2.26. The molecular formula is C16H23N. The van der Waals surface area contributed by atoms with Gasteiger partial charge >= 0.3 is 0 Å². The fourth-order valence-corrected chi connectivity index (χ4v) is 4.10. The average molecular weight is 229 g/mol. The van der Waals surface area contributed by atoms with Crippen LogP contribution in [-0.4, -0.2) is 0 Å². The van der Waals surface area contributed by atoms with Gasteiger partial charge in [-0.15, -0.1) is 0 Å². The predicted molar refractivity (Wildman–Crippen MR) is 71.8 cm³/mol. The Kier molecular flexibility index (Phi) is 2.74. The van der Waals surface area contributed by atoms with Gasteiger partial charge in [-0.1, -0.05) is 24.6 Å². The highest BCUT2D eigenvalue weighted by molar-refractivity contribution is 5.35. The molecule has 92 valence electrons. The van der Waals surface area contributed by atoms with E-state index in [2.05, 4.69) is 32.0 Å². The van der Waals surface area contributed by atoms with Crippen molar-refractivity contribution >= 4 is 0 Å². The first-order valence-corrected chi connectivity index (χ1v) is 6.98. The van der Waals surface area contributed by atoms with Crippen LogP contribution in [-0.2, 0) is 0 Å². The molecule has 0 saturated heterocycles. The first kappa shape index (κ1) is 11.3. The van der Waals surface area contributed by atoms with E-state index in [1.54, 1.807) is 0 Å². The lowest BCUT2D eigenvalue weighted by Gasteiger charge is -2.29. The third-order valence-corrected chi connectivity index (χ3v) is 5.26. The van der Waals surface area contributed by atoms with Crippen molar-refractivity contribution < 1.29 is 0 Å². The molecule has 1 nitrogen and oxygen atoms in total. The van der Waals surface area contributed by atoms with E-state index in [-0.39, 0.29) is 6.04 Å². The summed E-state index contributed by atoms with van der Waals surface area (Å²) in [5, 5.41) is 0. The van der Waals surface area contributed by atoms with Gasteiger partial charge in [0.15, 0.2) is 0 Å². The molecular weight excluding hydrogens is 206 g/mol. The summed E-state index contributed by atoms with van der Waals surface area (Å²) < 4.78 is 0. The molecule has 0 aromatic heterocycles. The normalized spacial score (nSPS) is 33.0. The number of aryl methyl sites for hydroxylation is 1. The Hall–Kier alpha value is -0.820.